The molecule has 2 aliphatic carbocycles. The third kappa shape index (κ3) is 9.58. The molecule has 1 saturated carbocycles. The van der Waals surface area contributed by atoms with Gasteiger partial charge < -0.3 is 91.8 Å². The average molecular weight is 971 g/mol. The molecule has 5 N–H and O–H groups in total. The Labute approximate surface area is 397 Å². The van der Waals surface area contributed by atoms with E-state index in [-0.39, 0.29) is 36.2 Å². The molecule has 0 radical (unpaired) electrons. The minimum absolute atomic E-state index is 0.0277. The summed E-state index contributed by atoms with van der Waals surface area (Å²) in [6, 6.07) is 0. The zero-order valence-corrected chi connectivity index (χ0v) is 40.4. The summed E-state index contributed by atoms with van der Waals surface area (Å²) in [7, 11) is 4.74. The second-order valence-corrected chi connectivity index (χ2v) is 20.7. The number of aliphatic hydroxyl groups is 5. The maximum atomic E-state index is 13.8. The lowest BCUT2D eigenvalue weighted by atomic mass is 9.55. The third-order valence-corrected chi connectivity index (χ3v) is 16.6. The second kappa shape index (κ2) is 20.5. The van der Waals surface area contributed by atoms with Gasteiger partial charge in [-0.1, -0.05) is 18.6 Å². The van der Waals surface area contributed by atoms with E-state index < -0.39 is 135 Å². The van der Waals surface area contributed by atoms with Crippen molar-refractivity contribution in [2.24, 2.45) is 23.2 Å². The Morgan fingerprint density at radius 2 is 1.31 bits per heavy atom. The summed E-state index contributed by atoms with van der Waals surface area (Å²) in [5.41, 5.74) is 1.87. The zero-order valence-electron chi connectivity index (χ0n) is 40.4. The Balaban J connectivity index is 0.779. The molecular formula is C48H74O20. The van der Waals surface area contributed by atoms with E-state index >= 15 is 0 Å². The standard InChI is InChI=1S/C48H74O20/c1-21-42(66-36-15-31(56-7)43(22(2)61-36)67-37-16-32(57-8)44(23(3)62-37)68-46-41(53)40(52)39(51)33(18-49)65-46)30(55-6)14-35(60-21)63-29-13-25-10-11-26-27(47(25,4)17-28(29)50)12-9-24-19-58-48(5)38(24)34(20-59-48)64-45(26)54/h10,19,21-23,26-44,46,49-53H,9,11-18,20H2,1-8H3. The first kappa shape index (κ1) is 51.0. The SMILES string of the molecule is COC1CC(OC2CC3=CCC4C(=O)OC5COC6(C)OC=C(CCC4C3(C)CC2O)C56)OC(C)C1OC1CC(OC)C(OC2CC(OC)C(OC3OC(CO)C(O)C(O)C3O)C(C)O2)C(C)O1. The van der Waals surface area contributed by atoms with Gasteiger partial charge in [-0.3, -0.25) is 4.79 Å². The number of carbonyl (C=O) groups is 1. The van der Waals surface area contributed by atoms with Crippen LogP contribution in [-0.2, 0) is 71.1 Å². The van der Waals surface area contributed by atoms with Crippen molar-refractivity contribution >= 4 is 5.97 Å². The zero-order chi connectivity index (χ0) is 48.4. The molecule has 0 aromatic rings. The van der Waals surface area contributed by atoms with E-state index in [9.17, 15) is 30.3 Å². The van der Waals surface area contributed by atoms with Gasteiger partial charge >= 0.3 is 5.97 Å². The summed E-state index contributed by atoms with van der Waals surface area (Å²) in [5.74, 6) is -1.48. The second-order valence-electron chi connectivity index (χ2n) is 20.7. The van der Waals surface area contributed by atoms with E-state index in [2.05, 4.69) is 13.0 Å². The van der Waals surface area contributed by atoms with Gasteiger partial charge in [-0.2, -0.15) is 0 Å². The number of allylic oxidation sites excluding steroid dienone is 1. The van der Waals surface area contributed by atoms with Crippen LogP contribution in [0.25, 0.3) is 0 Å². The van der Waals surface area contributed by atoms with E-state index in [0.29, 0.717) is 38.7 Å². The molecule has 386 valence electrons. The first-order chi connectivity index (χ1) is 32.5. The molecular weight excluding hydrogens is 897 g/mol. The van der Waals surface area contributed by atoms with Crippen molar-refractivity contribution in [2.45, 2.75) is 215 Å². The predicted octanol–water partition coefficient (Wildman–Crippen LogP) is 1.48. The van der Waals surface area contributed by atoms with Crippen molar-refractivity contribution in [3.63, 3.8) is 0 Å². The van der Waals surface area contributed by atoms with Gasteiger partial charge in [-0.05, 0) is 69.8 Å². The summed E-state index contributed by atoms with van der Waals surface area (Å²) in [6.45, 7) is 9.36. The van der Waals surface area contributed by atoms with Gasteiger partial charge in [0.2, 0.25) is 5.79 Å². The molecule has 68 heavy (non-hydrogen) atoms. The van der Waals surface area contributed by atoms with Gasteiger partial charge in [-0.25, -0.2) is 0 Å². The number of methoxy groups -OCH3 is 3. The van der Waals surface area contributed by atoms with Crippen LogP contribution in [-0.4, -0.2) is 195 Å². The first-order valence-electron chi connectivity index (χ1n) is 24.5. The van der Waals surface area contributed by atoms with Crippen molar-refractivity contribution in [2.75, 3.05) is 34.5 Å². The summed E-state index contributed by atoms with van der Waals surface area (Å²) in [4.78, 5) is 13.8. The number of fused-ring (bicyclic) bond motifs is 3. The van der Waals surface area contributed by atoms with Crippen LogP contribution in [0.4, 0.5) is 0 Å². The van der Waals surface area contributed by atoms with Crippen molar-refractivity contribution in [3.8, 4) is 0 Å². The molecule has 7 heterocycles. The van der Waals surface area contributed by atoms with Gasteiger partial charge in [0, 0.05) is 47.5 Å². The van der Waals surface area contributed by atoms with E-state index in [1.54, 1.807) is 27.4 Å². The number of hydrogen-bond donors (Lipinski definition) is 5. The fourth-order valence-corrected chi connectivity index (χ4v) is 12.8. The Hall–Kier alpha value is -1.93. The summed E-state index contributed by atoms with van der Waals surface area (Å²) in [5, 5.41) is 52.5. The summed E-state index contributed by atoms with van der Waals surface area (Å²) >= 11 is 0. The number of esters is 1. The van der Waals surface area contributed by atoms with Gasteiger partial charge in [0.1, 0.15) is 48.8 Å². The third-order valence-electron chi connectivity index (χ3n) is 16.6. The number of rotatable bonds is 12. The Kier molecular flexibility index (Phi) is 15.4. The molecule has 7 fully saturated rings. The van der Waals surface area contributed by atoms with Crippen molar-refractivity contribution in [1.82, 2.24) is 0 Å². The number of hydrogen-bond acceptors (Lipinski definition) is 20. The summed E-state index contributed by atoms with van der Waals surface area (Å²) < 4.78 is 86.3. The molecule has 9 rings (SSSR count). The van der Waals surface area contributed by atoms with Gasteiger partial charge in [0.25, 0.3) is 0 Å². The molecule has 20 nitrogen and oxygen atoms in total. The lowest BCUT2D eigenvalue weighted by molar-refractivity contribution is -0.357. The van der Waals surface area contributed by atoms with Crippen LogP contribution < -0.4 is 0 Å². The molecule has 0 aromatic carbocycles. The van der Waals surface area contributed by atoms with Crippen LogP contribution in [0.1, 0.15) is 86.0 Å². The van der Waals surface area contributed by atoms with E-state index in [1.165, 1.54) is 12.7 Å². The normalized spacial score (nSPS) is 51.7. The van der Waals surface area contributed by atoms with Crippen LogP contribution in [0.5, 0.6) is 0 Å². The van der Waals surface area contributed by atoms with Crippen LogP contribution in [0.3, 0.4) is 0 Å². The monoisotopic (exact) mass is 970 g/mol. The van der Waals surface area contributed by atoms with Crippen molar-refractivity contribution < 1.29 is 96.6 Å². The predicted molar refractivity (Wildman–Crippen MR) is 232 cm³/mol. The highest BCUT2D eigenvalue weighted by Crippen LogP contribution is 2.57. The number of aliphatic hydroxyl groups excluding tert-OH is 5. The lowest BCUT2D eigenvalue weighted by Crippen LogP contribution is -2.62. The van der Waals surface area contributed by atoms with Crippen LogP contribution >= 0.6 is 0 Å². The van der Waals surface area contributed by atoms with E-state index in [4.69, 9.17) is 66.3 Å². The van der Waals surface area contributed by atoms with Crippen molar-refractivity contribution in [3.05, 3.63) is 23.5 Å². The minimum Gasteiger partial charge on any atom is -0.469 e. The van der Waals surface area contributed by atoms with Crippen LogP contribution in [0.2, 0.25) is 0 Å². The molecule has 9 aliphatic rings. The lowest BCUT2D eigenvalue weighted by Gasteiger charge is -2.52. The molecule has 25 atom stereocenters. The Morgan fingerprint density at radius 3 is 1.88 bits per heavy atom. The average Bonchev–Trinajstić information content (AvgIpc) is 3.83. The minimum atomic E-state index is -1.59. The molecule has 0 bridgehead atoms. The fraction of sp³-hybridized carbons (Fsp3) is 0.896. The number of ether oxygens (including phenoxy) is 14. The van der Waals surface area contributed by atoms with Crippen molar-refractivity contribution in [1.29, 1.82) is 0 Å². The Bertz CT molecular complexity index is 1820. The summed E-state index contributed by atoms with van der Waals surface area (Å²) in [6.07, 6.45) is -7.99. The topological polar surface area (TPSA) is 247 Å². The van der Waals surface area contributed by atoms with E-state index in [1.807, 2.05) is 20.8 Å². The fourth-order valence-electron chi connectivity index (χ4n) is 12.8. The highest BCUT2D eigenvalue weighted by Gasteiger charge is 2.59. The molecule has 25 unspecified atom stereocenters. The molecule has 0 amide bonds. The van der Waals surface area contributed by atoms with Crippen LogP contribution in [0.15, 0.2) is 23.5 Å². The van der Waals surface area contributed by atoms with Gasteiger partial charge in [0.15, 0.2) is 25.2 Å². The molecule has 20 heteroatoms. The van der Waals surface area contributed by atoms with Gasteiger partial charge in [0.05, 0.1) is 80.1 Å². The Morgan fingerprint density at radius 1 is 0.735 bits per heavy atom. The van der Waals surface area contributed by atoms with E-state index in [0.717, 1.165) is 18.4 Å². The number of carbonyl (C=O) groups excluding carboxylic acids is 1. The highest BCUT2D eigenvalue weighted by atomic mass is 16.8. The smallest absolute Gasteiger partial charge is 0.309 e. The maximum absolute atomic E-state index is 13.8. The highest BCUT2D eigenvalue weighted by molar-refractivity contribution is 5.74. The molecule has 7 aliphatic heterocycles. The molecule has 0 aromatic heterocycles. The first-order valence-corrected chi connectivity index (χ1v) is 24.5. The quantitative estimate of drug-likeness (QED) is 0.137. The largest absolute Gasteiger partial charge is 0.469 e. The molecule has 0 spiro atoms. The van der Waals surface area contributed by atoms with Gasteiger partial charge in [-0.15, -0.1) is 0 Å². The van der Waals surface area contributed by atoms with Crippen LogP contribution in [0, 0.1) is 23.2 Å². The maximum Gasteiger partial charge on any atom is 0.309 e. The molecule has 6 saturated heterocycles.